The second kappa shape index (κ2) is 26.0. The highest BCUT2D eigenvalue weighted by molar-refractivity contribution is 5.80. The lowest BCUT2D eigenvalue weighted by Gasteiger charge is -2.27. The van der Waals surface area contributed by atoms with Crippen molar-refractivity contribution in [1.29, 1.82) is 0 Å². The van der Waals surface area contributed by atoms with Gasteiger partial charge >= 0.3 is 0 Å². The highest BCUT2D eigenvalue weighted by atomic mass is 16.1. The number of benzene rings is 1. The molecule has 236 valence electrons. The second-order valence-corrected chi connectivity index (χ2v) is 10.8. The molecule has 1 heterocycles. The van der Waals surface area contributed by atoms with Crippen LogP contribution in [-0.4, -0.2) is 135 Å². The van der Waals surface area contributed by atoms with Crippen molar-refractivity contribution < 1.29 is 4.79 Å². The van der Waals surface area contributed by atoms with Gasteiger partial charge in [-0.15, -0.1) is 0 Å². The van der Waals surface area contributed by atoms with E-state index in [0.717, 1.165) is 124 Å². The lowest BCUT2D eigenvalue weighted by atomic mass is 10.1. The number of rotatable bonds is 4. The molecule has 1 aromatic carbocycles. The summed E-state index contributed by atoms with van der Waals surface area (Å²) in [5.41, 5.74) is 7.13. The van der Waals surface area contributed by atoms with Crippen molar-refractivity contribution in [3.8, 4) is 0 Å². The predicted octanol–water partition coefficient (Wildman–Crippen LogP) is -1.71. The third-order valence-electron chi connectivity index (χ3n) is 7.24. The summed E-state index contributed by atoms with van der Waals surface area (Å²) >= 11 is 0. The van der Waals surface area contributed by atoms with Crippen molar-refractivity contribution in [2.75, 3.05) is 118 Å². The van der Waals surface area contributed by atoms with E-state index in [1.54, 1.807) is 0 Å². The third kappa shape index (κ3) is 20.8. The van der Waals surface area contributed by atoms with Gasteiger partial charge in [-0.05, 0) is 37.9 Å². The molecule has 1 unspecified atom stereocenters. The minimum Gasteiger partial charge on any atom is -0.368 e. The van der Waals surface area contributed by atoms with Gasteiger partial charge in [0.25, 0.3) is 0 Å². The van der Waals surface area contributed by atoms with E-state index in [0.29, 0.717) is 13.1 Å². The summed E-state index contributed by atoms with van der Waals surface area (Å²) in [4.78, 5) is 14.7. The van der Waals surface area contributed by atoms with Crippen LogP contribution < -0.4 is 48.3 Å². The zero-order valence-corrected chi connectivity index (χ0v) is 25.5. The number of nitrogens with zero attached hydrogens (tertiary/aromatic N) is 1. The quantitative estimate of drug-likeness (QED) is 0.203. The minimum absolute atomic E-state index is 0.279. The Morgan fingerprint density at radius 1 is 0.634 bits per heavy atom. The average Bonchev–Trinajstić information content (AvgIpc) is 2.98. The lowest BCUT2D eigenvalue weighted by molar-refractivity contribution is -0.120. The van der Waals surface area contributed by atoms with Crippen LogP contribution in [0.5, 0.6) is 0 Å². The van der Waals surface area contributed by atoms with Crippen molar-refractivity contribution in [2.45, 2.75) is 31.7 Å². The van der Waals surface area contributed by atoms with E-state index in [1.807, 2.05) is 0 Å². The van der Waals surface area contributed by atoms with Crippen molar-refractivity contribution in [3.05, 3.63) is 35.9 Å². The maximum absolute atomic E-state index is 12.3. The van der Waals surface area contributed by atoms with Gasteiger partial charge in [0.05, 0.1) is 6.04 Å². The highest BCUT2D eigenvalue weighted by Gasteiger charge is 2.18. The molecule has 1 saturated heterocycles. The summed E-state index contributed by atoms with van der Waals surface area (Å²) in [5.74, 6) is -0.279. The molecule has 1 aliphatic rings. The maximum atomic E-state index is 12.3. The molecule has 0 spiro atoms. The summed E-state index contributed by atoms with van der Waals surface area (Å²) in [7, 11) is 0. The SMILES string of the molecule is NC(=O)C1CN(CCc2ccccc2)CCCCCNCCNCCNCCNCCNCCNCCNCCN1. The van der Waals surface area contributed by atoms with Crippen LogP contribution in [0, 0.1) is 0 Å². The monoisotopic (exact) mass is 576 g/mol. The Kier molecular flexibility index (Phi) is 22.5. The van der Waals surface area contributed by atoms with Crippen LogP contribution >= 0.6 is 0 Å². The number of nitrogens with two attached hydrogens (primary N) is 1. The Balaban J connectivity index is 1.76. The van der Waals surface area contributed by atoms with E-state index >= 15 is 0 Å². The topological polar surface area (TPSA) is 143 Å². The van der Waals surface area contributed by atoms with E-state index in [-0.39, 0.29) is 11.9 Å². The molecule has 2 rings (SSSR count). The van der Waals surface area contributed by atoms with Crippen LogP contribution in [0.1, 0.15) is 24.8 Å². The van der Waals surface area contributed by atoms with Crippen LogP contribution in [-0.2, 0) is 11.2 Å². The minimum atomic E-state index is -0.351. The average molecular weight is 577 g/mol. The van der Waals surface area contributed by atoms with Crippen LogP contribution in [0.15, 0.2) is 30.3 Å². The number of hydrogen-bond donors (Lipinski definition) is 9. The molecule has 1 aromatic rings. The Morgan fingerprint density at radius 3 is 1.59 bits per heavy atom. The molecule has 11 heteroatoms. The van der Waals surface area contributed by atoms with Crippen LogP contribution in [0.25, 0.3) is 0 Å². The molecule has 0 aliphatic carbocycles. The largest absolute Gasteiger partial charge is 0.368 e. The first kappa shape index (κ1) is 35.5. The van der Waals surface area contributed by atoms with Crippen molar-refractivity contribution in [3.63, 3.8) is 0 Å². The molecule has 0 saturated carbocycles. The molecule has 1 fully saturated rings. The molecular formula is C30H60N10O. The fraction of sp³-hybridized carbons (Fsp3) is 0.767. The molecule has 1 aliphatic heterocycles. The molecule has 41 heavy (non-hydrogen) atoms. The van der Waals surface area contributed by atoms with Crippen molar-refractivity contribution in [1.82, 2.24) is 47.4 Å². The summed E-state index contributed by atoms with van der Waals surface area (Å²) < 4.78 is 0. The number of primary amides is 1. The standard InChI is InChI=1S/C30H60N10O/c31-30(41)29-27-40(26-9-28-7-3-1-4-8-28)25-6-2-5-10-32-11-12-33-13-14-34-15-16-35-17-18-36-19-20-37-21-22-38-23-24-39-29/h1,3-4,7-8,29,32-39H,2,5-6,9-27H2,(H2,31,41). The fourth-order valence-corrected chi connectivity index (χ4v) is 4.77. The number of amides is 1. The molecule has 11 nitrogen and oxygen atoms in total. The van der Waals surface area contributed by atoms with Gasteiger partial charge in [0, 0.05) is 105 Å². The Morgan fingerprint density at radius 2 is 1.10 bits per heavy atom. The van der Waals surface area contributed by atoms with Gasteiger partial charge in [-0.2, -0.15) is 0 Å². The normalized spacial score (nSPS) is 22.9. The Labute approximate surface area is 249 Å². The third-order valence-corrected chi connectivity index (χ3v) is 7.24. The molecule has 0 bridgehead atoms. The smallest absolute Gasteiger partial charge is 0.235 e. The molecule has 10 N–H and O–H groups in total. The van der Waals surface area contributed by atoms with Crippen LogP contribution in [0.4, 0.5) is 0 Å². The van der Waals surface area contributed by atoms with Gasteiger partial charge in [-0.25, -0.2) is 0 Å². The summed E-state index contributed by atoms with van der Waals surface area (Å²) in [6.07, 6.45) is 4.42. The van der Waals surface area contributed by atoms with E-state index in [4.69, 9.17) is 5.73 Å². The van der Waals surface area contributed by atoms with E-state index < -0.39 is 0 Å². The van der Waals surface area contributed by atoms with Gasteiger partial charge in [0.15, 0.2) is 0 Å². The zero-order valence-electron chi connectivity index (χ0n) is 25.5. The van der Waals surface area contributed by atoms with Gasteiger partial charge in [-0.1, -0.05) is 36.8 Å². The van der Waals surface area contributed by atoms with Gasteiger partial charge in [0.1, 0.15) is 0 Å². The number of carbonyl (C=O) groups excluding carboxylic acids is 1. The van der Waals surface area contributed by atoms with Gasteiger partial charge in [-0.3, -0.25) is 4.79 Å². The van der Waals surface area contributed by atoms with Crippen molar-refractivity contribution >= 4 is 5.91 Å². The molecule has 0 radical (unpaired) electrons. The maximum Gasteiger partial charge on any atom is 0.235 e. The number of nitrogens with one attached hydrogen (secondary N) is 8. The Hall–Kier alpha value is -1.67. The first-order valence-electron chi connectivity index (χ1n) is 16.0. The van der Waals surface area contributed by atoms with Crippen LogP contribution in [0.2, 0.25) is 0 Å². The lowest BCUT2D eigenvalue weighted by Crippen LogP contribution is -2.51. The van der Waals surface area contributed by atoms with E-state index in [1.165, 1.54) is 12.0 Å². The number of carbonyl (C=O) groups is 1. The van der Waals surface area contributed by atoms with Gasteiger partial charge in [0.2, 0.25) is 5.91 Å². The summed E-state index contributed by atoms with van der Waals surface area (Å²) in [6.45, 7) is 16.7. The molecular weight excluding hydrogens is 516 g/mol. The van der Waals surface area contributed by atoms with Crippen LogP contribution in [0.3, 0.4) is 0 Å². The molecule has 0 aromatic heterocycles. The Bertz CT molecular complexity index is 726. The zero-order chi connectivity index (χ0) is 29.1. The first-order valence-corrected chi connectivity index (χ1v) is 16.0. The van der Waals surface area contributed by atoms with E-state index in [2.05, 4.69) is 77.8 Å². The van der Waals surface area contributed by atoms with E-state index in [9.17, 15) is 4.79 Å². The molecule has 1 atom stereocenters. The first-order chi connectivity index (χ1) is 20.3. The summed E-state index contributed by atoms with van der Waals surface area (Å²) in [5, 5.41) is 27.8. The second-order valence-electron chi connectivity index (χ2n) is 10.8. The number of hydrogen-bond acceptors (Lipinski definition) is 10. The molecule has 1 amide bonds. The van der Waals surface area contributed by atoms with Gasteiger partial charge < -0.3 is 53.2 Å². The summed E-state index contributed by atoms with van der Waals surface area (Å²) in [6, 6.07) is 10.2. The fourth-order valence-electron chi connectivity index (χ4n) is 4.77. The van der Waals surface area contributed by atoms with Crippen molar-refractivity contribution in [2.24, 2.45) is 5.73 Å². The highest BCUT2D eigenvalue weighted by Crippen LogP contribution is 2.05. The predicted molar refractivity (Wildman–Crippen MR) is 172 cm³/mol.